The number of carbonyl (C=O) groups excluding carboxylic acids is 2. The minimum atomic E-state index is -0.104. The van der Waals surface area contributed by atoms with Gasteiger partial charge in [0.2, 0.25) is 11.8 Å². The van der Waals surface area contributed by atoms with E-state index in [2.05, 4.69) is 10.6 Å². The lowest BCUT2D eigenvalue weighted by Crippen LogP contribution is -2.34. The highest BCUT2D eigenvalue weighted by Gasteiger charge is 2.12. The number of fused-ring (bicyclic) bond motifs is 1. The SMILES string of the molecule is CC(=O)NCCNC(=O)Cc1ccc2c(c1)OCCCO2. The van der Waals surface area contributed by atoms with Crippen LogP contribution in [-0.2, 0) is 16.0 Å². The molecule has 1 heterocycles. The standard InChI is InChI=1S/C15H20N2O4/c1-11(18)16-5-6-17-15(19)10-12-3-4-13-14(9-12)21-8-2-7-20-13/h3-4,9H,2,5-8,10H2,1H3,(H,16,18)(H,17,19). The van der Waals surface area contributed by atoms with Crippen molar-refractivity contribution in [3.63, 3.8) is 0 Å². The molecule has 0 bridgehead atoms. The molecular weight excluding hydrogens is 272 g/mol. The van der Waals surface area contributed by atoms with Crippen LogP contribution in [0.25, 0.3) is 0 Å². The van der Waals surface area contributed by atoms with E-state index in [4.69, 9.17) is 9.47 Å². The second kappa shape index (κ2) is 7.52. The van der Waals surface area contributed by atoms with Gasteiger partial charge in [-0.25, -0.2) is 0 Å². The van der Waals surface area contributed by atoms with Gasteiger partial charge >= 0.3 is 0 Å². The van der Waals surface area contributed by atoms with Crippen LogP contribution in [0.1, 0.15) is 18.9 Å². The van der Waals surface area contributed by atoms with Crippen LogP contribution in [0.15, 0.2) is 18.2 Å². The smallest absolute Gasteiger partial charge is 0.224 e. The number of amides is 2. The fourth-order valence-corrected chi connectivity index (χ4v) is 2.01. The van der Waals surface area contributed by atoms with Crippen LogP contribution >= 0.6 is 0 Å². The van der Waals surface area contributed by atoms with E-state index in [1.54, 1.807) is 0 Å². The lowest BCUT2D eigenvalue weighted by Gasteiger charge is -2.10. The summed E-state index contributed by atoms with van der Waals surface area (Å²) in [6, 6.07) is 5.54. The Balaban J connectivity index is 1.83. The molecular formula is C15H20N2O4. The minimum absolute atomic E-state index is 0.0881. The first-order valence-corrected chi connectivity index (χ1v) is 7.05. The van der Waals surface area contributed by atoms with E-state index in [0.717, 1.165) is 17.7 Å². The van der Waals surface area contributed by atoms with E-state index in [9.17, 15) is 9.59 Å². The van der Waals surface area contributed by atoms with E-state index in [1.807, 2.05) is 18.2 Å². The Hall–Kier alpha value is -2.24. The van der Waals surface area contributed by atoms with Crippen molar-refractivity contribution in [1.29, 1.82) is 0 Å². The second-order valence-corrected chi connectivity index (χ2v) is 4.84. The summed E-state index contributed by atoms with van der Waals surface area (Å²) in [6.07, 6.45) is 1.13. The highest BCUT2D eigenvalue weighted by Crippen LogP contribution is 2.30. The van der Waals surface area contributed by atoms with Gasteiger partial charge in [0, 0.05) is 26.4 Å². The zero-order valence-electron chi connectivity index (χ0n) is 12.1. The number of benzene rings is 1. The van der Waals surface area contributed by atoms with Crippen LogP contribution in [0.4, 0.5) is 0 Å². The topological polar surface area (TPSA) is 76.7 Å². The van der Waals surface area contributed by atoms with Crippen molar-refractivity contribution in [2.24, 2.45) is 0 Å². The summed E-state index contributed by atoms with van der Waals surface area (Å²) in [5.74, 6) is 1.22. The Morgan fingerprint density at radius 3 is 2.57 bits per heavy atom. The third kappa shape index (κ3) is 4.98. The molecule has 0 fully saturated rings. The normalized spacial score (nSPS) is 13.2. The van der Waals surface area contributed by atoms with Crippen LogP contribution in [0, 0.1) is 0 Å². The molecule has 1 aliphatic rings. The fourth-order valence-electron chi connectivity index (χ4n) is 2.01. The molecule has 6 heteroatoms. The molecule has 0 saturated heterocycles. The van der Waals surface area contributed by atoms with Crippen LogP contribution in [0.2, 0.25) is 0 Å². The molecule has 0 spiro atoms. The number of ether oxygens (including phenoxy) is 2. The lowest BCUT2D eigenvalue weighted by molar-refractivity contribution is -0.121. The molecule has 0 unspecified atom stereocenters. The van der Waals surface area contributed by atoms with Gasteiger partial charge in [-0.3, -0.25) is 9.59 Å². The number of hydrogen-bond donors (Lipinski definition) is 2. The van der Waals surface area contributed by atoms with Gasteiger partial charge in [-0.05, 0) is 17.7 Å². The average Bonchev–Trinajstić information content (AvgIpc) is 2.68. The molecule has 1 aromatic rings. The van der Waals surface area contributed by atoms with Crippen molar-refractivity contribution in [2.75, 3.05) is 26.3 Å². The summed E-state index contributed by atoms with van der Waals surface area (Å²) < 4.78 is 11.1. The Morgan fingerprint density at radius 2 is 1.81 bits per heavy atom. The fraction of sp³-hybridized carbons (Fsp3) is 0.467. The van der Waals surface area contributed by atoms with E-state index in [-0.39, 0.29) is 18.2 Å². The van der Waals surface area contributed by atoms with Gasteiger partial charge in [-0.15, -0.1) is 0 Å². The van der Waals surface area contributed by atoms with Gasteiger partial charge in [0.25, 0.3) is 0 Å². The summed E-state index contributed by atoms with van der Waals surface area (Å²) in [7, 11) is 0. The van der Waals surface area contributed by atoms with Crippen molar-refractivity contribution in [3.8, 4) is 11.5 Å². The van der Waals surface area contributed by atoms with Crippen molar-refractivity contribution in [1.82, 2.24) is 10.6 Å². The largest absolute Gasteiger partial charge is 0.490 e. The number of nitrogens with one attached hydrogen (secondary N) is 2. The van der Waals surface area contributed by atoms with E-state index in [0.29, 0.717) is 32.1 Å². The summed E-state index contributed by atoms with van der Waals surface area (Å²) in [5.41, 5.74) is 0.872. The molecule has 2 amide bonds. The zero-order chi connectivity index (χ0) is 15.1. The van der Waals surface area contributed by atoms with Crippen LogP contribution in [0.3, 0.4) is 0 Å². The zero-order valence-corrected chi connectivity index (χ0v) is 12.1. The number of rotatable bonds is 5. The maximum atomic E-state index is 11.8. The van der Waals surface area contributed by atoms with Gasteiger partial charge < -0.3 is 20.1 Å². The number of carbonyl (C=O) groups is 2. The predicted octanol–water partition coefficient (Wildman–Crippen LogP) is 0.643. The predicted molar refractivity (Wildman–Crippen MR) is 77.4 cm³/mol. The molecule has 6 nitrogen and oxygen atoms in total. The molecule has 1 aromatic carbocycles. The van der Waals surface area contributed by atoms with E-state index in [1.165, 1.54) is 6.92 Å². The molecule has 0 aromatic heterocycles. The van der Waals surface area contributed by atoms with Crippen LogP contribution < -0.4 is 20.1 Å². The van der Waals surface area contributed by atoms with Gasteiger partial charge in [-0.1, -0.05) is 6.07 Å². The minimum Gasteiger partial charge on any atom is -0.490 e. The van der Waals surface area contributed by atoms with Crippen molar-refractivity contribution in [3.05, 3.63) is 23.8 Å². The Morgan fingerprint density at radius 1 is 1.10 bits per heavy atom. The van der Waals surface area contributed by atoms with Crippen LogP contribution in [0.5, 0.6) is 11.5 Å². The van der Waals surface area contributed by atoms with E-state index < -0.39 is 0 Å². The first kappa shape index (κ1) is 15.2. The van der Waals surface area contributed by atoms with Gasteiger partial charge in [0.05, 0.1) is 19.6 Å². The monoisotopic (exact) mass is 292 g/mol. The molecule has 2 N–H and O–H groups in total. The molecule has 114 valence electrons. The first-order chi connectivity index (χ1) is 10.1. The maximum Gasteiger partial charge on any atom is 0.224 e. The maximum absolute atomic E-state index is 11.8. The van der Waals surface area contributed by atoms with Crippen molar-refractivity contribution < 1.29 is 19.1 Å². The summed E-state index contributed by atoms with van der Waals surface area (Å²) in [6.45, 7) is 3.57. The summed E-state index contributed by atoms with van der Waals surface area (Å²) in [5, 5.41) is 5.38. The van der Waals surface area contributed by atoms with Gasteiger partial charge in [0.15, 0.2) is 11.5 Å². The molecule has 2 rings (SSSR count). The number of hydrogen-bond acceptors (Lipinski definition) is 4. The lowest BCUT2D eigenvalue weighted by atomic mass is 10.1. The molecule has 21 heavy (non-hydrogen) atoms. The molecule has 0 atom stereocenters. The second-order valence-electron chi connectivity index (χ2n) is 4.84. The van der Waals surface area contributed by atoms with Crippen molar-refractivity contribution in [2.45, 2.75) is 19.8 Å². The molecule has 1 aliphatic heterocycles. The Bertz CT molecular complexity index is 516. The quantitative estimate of drug-likeness (QED) is 0.781. The summed E-state index contributed by atoms with van der Waals surface area (Å²) in [4.78, 5) is 22.5. The first-order valence-electron chi connectivity index (χ1n) is 7.05. The molecule has 0 saturated carbocycles. The van der Waals surface area contributed by atoms with Crippen LogP contribution in [-0.4, -0.2) is 38.1 Å². The summed E-state index contributed by atoms with van der Waals surface area (Å²) >= 11 is 0. The highest BCUT2D eigenvalue weighted by atomic mass is 16.5. The van der Waals surface area contributed by atoms with Gasteiger partial charge in [0.1, 0.15) is 0 Å². The Labute approximate surface area is 123 Å². The van der Waals surface area contributed by atoms with E-state index >= 15 is 0 Å². The average molecular weight is 292 g/mol. The third-order valence-corrected chi connectivity index (χ3v) is 3.00. The third-order valence-electron chi connectivity index (χ3n) is 3.00. The van der Waals surface area contributed by atoms with Gasteiger partial charge in [-0.2, -0.15) is 0 Å². The highest BCUT2D eigenvalue weighted by molar-refractivity contribution is 5.79. The molecule has 0 aliphatic carbocycles. The van der Waals surface area contributed by atoms with Crippen molar-refractivity contribution >= 4 is 11.8 Å². The molecule has 0 radical (unpaired) electrons. The Kier molecular flexibility index (Phi) is 5.43.